The molecule has 0 fully saturated rings. The Balaban J connectivity index is 4.86. The van der Waals surface area contributed by atoms with E-state index in [4.69, 9.17) is 5.73 Å². The van der Waals surface area contributed by atoms with Crippen molar-refractivity contribution in [2.24, 2.45) is 5.73 Å². The highest BCUT2D eigenvalue weighted by molar-refractivity contribution is 5.95. The fourth-order valence-electron chi connectivity index (χ4n) is 0.608. The second-order valence-electron chi connectivity index (χ2n) is 2.85. The van der Waals surface area contributed by atoms with Crippen LogP contribution >= 0.6 is 0 Å². The van der Waals surface area contributed by atoms with Gasteiger partial charge in [-0.3, -0.25) is 4.79 Å². The number of nitrogens with two attached hydrogens (primary N) is 1. The van der Waals surface area contributed by atoms with E-state index in [0.717, 1.165) is 11.1 Å². The summed E-state index contributed by atoms with van der Waals surface area (Å²) in [7, 11) is 0. The second-order valence-corrected chi connectivity index (χ2v) is 2.85. The molecule has 0 aliphatic heterocycles. The molecule has 0 rings (SSSR count). The van der Waals surface area contributed by atoms with Crippen molar-refractivity contribution in [1.82, 2.24) is 0 Å². The van der Waals surface area contributed by atoms with Crippen LogP contribution in [0.5, 0.6) is 0 Å². The molecule has 2 N–H and O–H groups in total. The van der Waals surface area contributed by atoms with Crippen molar-refractivity contribution < 1.29 is 4.79 Å². The number of carbonyl (C=O) groups is 1. The Morgan fingerprint density at radius 1 is 1.33 bits per heavy atom. The summed E-state index contributed by atoms with van der Waals surface area (Å²) in [4.78, 5) is 10.7. The maximum Gasteiger partial charge on any atom is 0.248 e. The average Bonchev–Trinajstić information content (AvgIpc) is 1.98. The van der Waals surface area contributed by atoms with Gasteiger partial charge in [-0.05, 0) is 26.8 Å². The minimum absolute atomic E-state index is 0.439. The van der Waals surface area contributed by atoms with Crippen LogP contribution in [0.25, 0.3) is 0 Å². The van der Waals surface area contributed by atoms with Crippen molar-refractivity contribution in [3.63, 3.8) is 0 Å². The molecule has 0 atom stereocenters. The highest BCUT2D eigenvalue weighted by atomic mass is 16.1. The maximum atomic E-state index is 10.7. The predicted molar refractivity (Wildman–Crippen MR) is 51.5 cm³/mol. The molecule has 1 amide bonds. The molecule has 0 unspecified atom stereocenters. The summed E-state index contributed by atoms with van der Waals surface area (Å²) in [6.45, 7) is 9.39. The fourth-order valence-corrected chi connectivity index (χ4v) is 0.608. The van der Waals surface area contributed by atoms with Crippen molar-refractivity contribution >= 4 is 5.91 Å². The van der Waals surface area contributed by atoms with Crippen molar-refractivity contribution in [1.29, 1.82) is 0 Å². The summed E-state index contributed by atoms with van der Waals surface area (Å²) >= 11 is 0. The van der Waals surface area contributed by atoms with Gasteiger partial charge in [-0.1, -0.05) is 23.8 Å². The van der Waals surface area contributed by atoms with Crippen LogP contribution in [-0.4, -0.2) is 5.91 Å². The first kappa shape index (κ1) is 10.7. The summed E-state index contributed by atoms with van der Waals surface area (Å²) in [5.74, 6) is -0.439. The number of hydrogen-bond acceptors (Lipinski definition) is 1. The van der Waals surface area contributed by atoms with Gasteiger partial charge in [0.05, 0.1) is 0 Å². The molecule has 0 radical (unpaired) electrons. The third-order valence-electron chi connectivity index (χ3n) is 1.67. The van der Waals surface area contributed by atoms with E-state index in [1.165, 1.54) is 6.08 Å². The maximum absolute atomic E-state index is 10.7. The van der Waals surface area contributed by atoms with E-state index in [9.17, 15) is 4.79 Å². The third kappa shape index (κ3) is 3.19. The normalized spacial score (nSPS) is 10.8. The highest BCUT2D eigenvalue weighted by Crippen LogP contribution is 2.07. The Hall–Kier alpha value is -1.31. The molecule has 2 nitrogen and oxygen atoms in total. The van der Waals surface area contributed by atoms with Gasteiger partial charge in [-0.2, -0.15) is 0 Å². The average molecular weight is 165 g/mol. The van der Waals surface area contributed by atoms with Crippen molar-refractivity contribution in [2.45, 2.75) is 20.8 Å². The topological polar surface area (TPSA) is 43.1 Å². The summed E-state index contributed by atoms with van der Waals surface area (Å²) in [6.07, 6.45) is 3.21. The molecule has 66 valence electrons. The van der Waals surface area contributed by atoms with Gasteiger partial charge in [0.25, 0.3) is 0 Å². The number of carbonyl (C=O) groups excluding carboxylic acids is 1. The SMILES string of the molecule is C=C/C(=C/C(C)=C(C)C)C(N)=O. The number of amides is 1. The van der Waals surface area contributed by atoms with Crippen LogP contribution in [-0.2, 0) is 4.79 Å². The number of allylic oxidation sites excluding steroid dienone is 3. The van der Waals surface area contributed by atoms with E-state index in [2.05, 4.69) is 6.58 Å². The molecule has 2 heteroatoms. The van der Waals surface area contributed by atoms with Crippen LogP contribution < -0.4 is 5.73 Å². The van der Waals surface area contributed by atoms with Gasteiger partial charge in [-0.25, -0.2) is 0 Å². The lowest BCUT2D eigenvalue weighted by molar-refractivity contribution is -0.114. The quantitative estimate of drug-likeness (QED) is 0.504. The van der Waals surface area contributed by atoms with Gasteiger partial charge in [0.2, 0.25) is 5.91 Å². The van der Waals surface area contributed by atoms with Crippen LogP contribution in [0, 0.1) is 0 Å². The molecule has 0 spiro atoms. The highest BCUT2D eigenvalue weighted by Gasteiger charge is 1.99. The van der Waals surface area contributed by atoms with E-state index in [-0.39, 0.29) is 0 Å². The molecule has 0 heterocycles. The van der Waals surface area contributed by atoms with Crippen LogP contribution in [0.4, 0.5) is 0 Å². The molecule has 0 aromatic rings. The lowest BCUT2D eigenvalue weighted by Gasteiger charge is -1.98. The van der Waals surface area contributed by atoms with E-state index in [0.29, 0.717) is 5.57 Å². The van der Waals surface area contributed by atoms with Crippen LogP contribution in [0.15, 0.2) is 35.5 Å². The van der Waals surface area contributed by atoms with E-state index >= 15 is 0 Å². The van der Waals surface area contributed by atoms with E-state index in [1.807, 2.05) is 20.8 Å². The molecule has 0 aromatic carbocycles. The zero-order valence-corrected chi connectivity index (χ0v) is 7.85. The molecular weight excluding hydrogens is 150 g/mol. The summed E-state index contributed by atoms with van der Waals surface area (Å²) in [6, 6.07) is 0. The molecular formula is C10H15NO. The van der Waals surface area contributed by atoms with E-state index < -0.39 is 5.91 Å². The summed E-state index contributed by atoms with van der Waals surface area (Å²) < 4.78 is 0. The molecule has 0 saturated heterocycles. The Labute approximate surface area is 73.5 Å². The minimum Gasteiger partial charge on any atom is -0.366 e. The Morgan fingerprint density at radius 3 is 2.08 bits per heavy atom. The largest absolute Gasteiger partial charge is 0.366 e. The number of hydrogen-bond donors (Lipinski definition) is 1. The van der Waals surface area contributed by atoms with Gasteiger partial charge >= 0.3 is 0 Å². The second kappa shape index (κ2) is 4.54. The molecule has 0 aromatic heterocycles. The Morgan fingerprint density at radius 2 is 1.83 bits per heavy atom. The standard InChI is InChI=1S/C10H15NO/c1-5-9(10(11)12)6-8(4)7(2)3/h5-6H,1H2,2-4H3,(H2,11,12)/b9-6-. The lowest BCUT2D eigenvalue weighted by atomic mass is 10.1. The predicted octanol–water partition coefficient (Wildman–Crippen LogP) is 1.94. The smallest absolute Gasteiger partial charge is 0.248 e. The molecule has 0 aliphatic carbocycles. The molecule has 0 saturated carbocycles. The Bertz CT molecular complexity index is 255. The first-order valence-corrected chi connectivity index (χ1v) is 3.77. The first-order chi connectivity index (χ1) is 5.49. The van der Waals surface area contributed by atoms with Crippen LogP contribution in [0.2, 0.25) is 0 Å². The molecule has 0 bridgehead atoms. The monoisotopic (exact) mass is 165 g/mol. The summed E-state index contributed by atoms with van der Waals surface area (Å²) in [5.41, 5.74) is 7.75. The molecule has 0 aliphatic rings. The zero-order chi connectivity index (χ0) is 9.72. The van der Waals surface area contributed by atoms with Gasteiger partial charge in [0.15, 0.2) is 0 Å². The fraction of sp³-hybridized carbons (Fsp3) is 0.300. The van der Waals surface area contributed by atoms with Crippen molar-refractivity contribution in [2.75, 3.05) is 0 Å². The van der Waals surface area contributed by atoms with Crippen molar-refractivity contribution in [3.8, 4) is 0 Å². The molecule has 12 heavy (non-hydrogen) atoms. The van der Waals surface area contributed by atoms with Crippen LogP contribution in [0.1, 0.15) is 20.8 Å². The van der Waals surface area contributed by atoms with Gasteiger partial charge in [0.1, 0.15) is 0 Å². The Kier molecular flexibility index (Phi) is 4.05. The van der Waals surface area contributed by atoms with Crippen molar-refractivity contribution in [3.05, 3.63) is 35.5 Å². The van der Waals surface area contributed by atoms with Gasteiger partial charge in [0, 0.05) is 5.57 Å². The first-order valence-electron chi connectivity index (χ1n) is 3.77. The minimum atomic E-state index is -0.439. The zero-order valence-electron chi connectivity index (χ0n) is 7.85. The number of rotatable bonds is 3. The van der Waals surface area contributed by atoms with Crippen LogP contribution in [0.3, 0.4) is 0 Å². The third-order valence-corrected chi connectivity index (χ3v) is 1.67. The van der Waals surface area contributed by atoms with E-state index in [1.54, 1.807) is 6.08 Å². The lowest BCUT2D eigenvalue weighted by Crippen LogP contribution is -2.12. The summed E-state index contributed by atoms with van der Waals surface area (Å²) in [5, 5.41) is 0. The van der Waals surface area contributed by atoms with Gasteiger partial charge in [-0.15, -0.1) is 0 Å². The van der Waals surface area contributed by atoms with Gasteiger partial charge < -0.3 is 5.73 Å². The number of primary amides is 1.